The Hall–Kier alpha value is -1.97. The molecular weight excluding hydrogens is 220 g/mol. The average Bonchev–Trinajstić information content (AvgIpc) is 2.31. The van der Waals surface area contributed by atoms with Gasteiger partial charge in [-0.3, -0.25) is 0 Å². The molecule has 0 aliphatic carbocycles. The lowest BCUT2D eigenvalue weighted by atomic mass is 10.1. The first-order chi connectivity index (χ1) is 8.15. The second-order valence-electron chi connectivity index (χ2n) is 3.69. The number of rotatable bonds is 3. The highest BCUT2D eigenvalue weighted by atomic mass is 16.5. The molecule has 0 saturated heterocycles. The van der Waals surface area contributed by atoms with Crippen LogP contribution in [0, 0.1) is 6.92 Å². The van der Waals surface area contributed by atoms with Gasteiger partial charge >= 0.3 is 5.63 Å². The van der Waals surface area contributed by atoms with Crippen LogP contribution in [-0.4, -0.2) is 13.7 Å². The van der Waals surface area contributed by atoms with Gasteiger partial charge in [0.05, 0.1) is 19.1 Å². The van der Waals surface area contributed by atoms with Gasteiger partial charge in [-0.25, -0.2) is 4.79 Å². The van der Waals surface area contributed by atoms with E-state index in [2.05, 4.69) is 0 Å². The van der Waals surface area contributed by atoms with Crippen molar-refractivity contribution >= 4 is 11.0 Å². The number of hydrogen-bond donors (Lipinski definition) is 0. The van der Waals surface area contributed by atoms with E-state index in [9.17, 15) is 4.79 Å². The molecule has 0 bridgehead atoms. The van der Waals surface area contributed by atoms with Gasteiger partial charge in [0, 0.05) is 17.7 Å². The Bertz CT molecular complexity index is 598. The first-order valence-electron chi connectivity index (χ1n) is 5.41. The van der Waals surface area contributed by atoms with E-state index in [1.165, 1.54) is 0 Å². The van der Waals surface area contributed by atoms with Gasteiger partial charge in [0.1, 0.15) is 17.1 Å². The highest BCUT2D eigenvalue weighted by molar-refractivity contribution is 5.85. The molecule has 0 radical (unpaired) electrons. The average molecular weight is 234 g/mol. The van der Waals surface area contributed by atoms with Gasteiger partial charge in [-0.2, -0.15) is 0 Å². The Kier molecular flexibility index (Phi) is 3.04. The van der Waals surface area contributed by atoms with Gasteiger partial charge in [-0.05, 0) is 19.9 Å². The number of aryl methyl sites for hydroxylation is 1. The molecule has 17 heavy (non-hydrogen) atoms. The van der Waals surface area contributed by atoms with Crippen LogP contribution in [0.25, 0.3) is 11.0 Å². The van der Waals surface area contributed by atoms with Crippen LogP contribution in [0.4, 0.5) is 0 Å². The van der Waals surface area contributed by atoms with Crippen molar-refractivity contribution in [2.45, 2.75) is 13.8 Å². The van der Waals surface area contributed by atoms with Gasteiger partial charge in [0.15, 0.2) is 0 Å². The van der Waals surface area contributed by atoms with Gasteiger partial charge in [-0.15, -0.1) is 0 Å². The maximum Gasteiger partial charge on any atom is 0.339 e. The fourth-order valence-corrected chi connectivity index (χ4v) is 1.68. The number of ether oxygens (including phenoxy) is 2. The summed E-state index contributed by atoms with van der Waals surface area (Å²) in [7, 11) is 1.57. The Morgan fingerprint density at radius 3 is 2.71 bits per heavy atom. The van der Waals surface area contributed by atoms with Crippen molar-refractivity contribution in [2.75, 3.05) is 13.7 Å². The van der Waals surface area contributed by atoms with Crippen molar-refractivity contribution in [2.24, 2.45) is 0 Å². The largest absolute Gasteiger partial charge is 0.496 e. The molecule has 0 aliphatic heterocycles. The summed E-state index contributed by atoms with van der Waals surface area (Å²) >= 11 is 0. The topological polar surface area (TPSA) is 48.7 Å². The maximum atomic E-state index is 11.5. The minimum atomic E-state index is -0.340. The summed E-state index contributed by atoms with van der Waals surface area (Å²) in [6.07, 6.45) is 0. The molecule has 1 aromatic heterocycles. The van der Waals surface area contributed by atoms with Crippen molar-refractivity contribution in [3.63, 3.8) is 0 Å². The second-order valence-corrected chi connectivity index (χ2v) is 3.69. The number of methoxy groups -OCH3 is 1. The minimum absolute atomic E-state index is 0.340. The standard InChI is InChI=1S/C13H14O4/c1-4-16-9-6-11(15-3)10-5-8(2)13(14)17-12(10)7-9/h5-7H,4H2,1-3H3. The predicted octanol–water partition coefficient (Wildman–Crippen LogP) is 2.51. The molecule has 0 unspecified atom stereocenters. The molecule has 0 saturated carbocycles. The molecule has 0 aliphatic rings. The maximum absolute atomic E-state index is 11.5. The van der Waals surface area contributed by atoms with Crippen LogP contribution in [0.2, 0.25) is 0 Å². The quantitative estimate of drug-likeness (QED) is 0.765. The normalized spacial score (nSPS) is 10.5. The lowest BCUT2D eigenvalue weighted by molar-refractivity contribution is 0.336. The van der Waals surface area contributed by atoms with Gasteiger partial charge in [-0.1, -0.05) is 0 Å². The summed E-state index contributed by atoms with van der Waals surface area (Å²) in [4.78, 5) is 11.5. The number of benzene rings is 1. The summed E-state index contributed by atoms with van der Waals surface area (Å²) in [6.45, 7) is 4.15. The highest BCUT2D eigenvalue weighted by Gasteiger charge is 2.09. The third-order valence-corrected chi connectivity index (χ3v) is 2.49. The van der Waals surface area contributed by atoms with E-state index in [0.717, 1.165) is 5.39 Å². The van der Waals surface area contributed by atoms with Crippen molar-refractivity contribution in [3.8, 4) is 11.5 Å². The minimum Gasteiger partial charge on any atom is -0.496 e. The summed E-state index contributed by atoms with van der Waals surface area (Å²) in [6, 6.07) is 5.24. The van der Waals surface area contributed by atoms with E-state index < -0.39 is 0 Å². The molecule has 1 aromatic carbocycles. The van der Waals surface area contributed by atoms with Crippen LogP contribution in [0.5, 0.6) is 11.5 Å². The Morgan fingerprint density at radius 2 is 2.06 bits per heavy atom. The predicted molar refractivity (Wildman–Crippen MR) is 64.9 cm³/mol. The lowest BCUT2D eigenvalue weighted by Crippen LogP contribution is -2.03. The first kappa shape index (κ1) is 11.5. The highest BCUT2D eigenvalue weighted by Crippen LogP contribution is 2.30. The van der Waals surface area contributed by atoms with E-state index in [1.54, 1.807) is 32.2 Å². The van der Waals surface area contributed by atoms with Crippen molar-refractivity contribution in [3.05, 3.63) is 34.2 Å². The van der Waals surface area contributed by atoms with Crippen molar-refractivity contribution in [1.29, 1.82) is 0 Å². The van der Waals surface area contributed by atoms with Gasteiger partial charge < -0.3 is 13.9 Å². The van der Waals surface area contributed by atoms with Crippen LogP contribution >= 0.6 is 0 Å². The fraction of sp³-hybridized carbons (Fsp3) is 0.308. The molecule has 1 heterocycles. The van der Waals surface area contributed by atoms with Crippen LogP contribution in [0.1, 0.15) is 12.5 Å². The van der Waals surface area contributed by atoms with Crippen molar-refractivity contribution in [1.82, 2.24) is 0 Å². The molecule has 2 rings (SSSR count). The van der Waals surface area contributed by atoms with Crippen LogP contribution in [0.15, 0.2) is 27.4 Å². The van der Waals surface area contributed by atoms with E-state index in [0.29, 0.717) is 29.3 Å². The summed E-state index contributed by atoms with van der Waals surface area (Å²) < 4.78 is 15.9. The molecule has 2 aromatic rings. The molecule has 90 valence electrons. The van der Waals surface area contributed by atoms with Crippen molar-refractivity contribution < 1.29 is 13.9 Å². The summed E-state index contributed by atoms with van der Waals surface area (Å²) in [5.41, 5.74) is 0.691. The third-order valence-electron chi connectivity index (χ3n) is 2.49. The zero-order chi connectivity index (χ0) is 12.4. The van der Waals surface area contributed by atoms with E-state index in [-0.39, 0.29) is 5.63 Å². The van der Waals surface area contributed by atoms with E-state index >= 15 is 0 Å². The molecule has 4 nitrogen and oxygen atoms in total. The Morgan fingerprint density at radius 1 is 1.29 bits per heavy atom. The summed E-state index contributed by atoms with van der Waals surface area (Å²) in [5.74, 6) is 1.27. The smallest absolute Gasteiger partial charge is 0.339 e. The fourth-order valence-electron chi connectivity index (χ4n) is 1.68. The van der Waals surface area contributed by atoms with Crippen LogP contribution in [0.3, 0.4) is 0 Å². The molecule has 0 atom stereocenters. The number of hydrogen-bond acceptors (Lipinski definition) is 4. The van der Waals surface area contributed by atoms with Gasteiger partial charge in [0.25, 0.3) is 0 Å². The zero-order valence-corrected chi connectivity index (χ0v) is 10.1. The van der Waals surface area contributed by atoms with E-state index in [4.69, 9.17) is 13.9 Å². The molecule has 0 N–H and O–H groups in total. The summed E-state index contributed by atoms with van der Waals surface area (Å²) in [5, 5.41) is 0.771. The van der Waals surface area contributed by atoms with Crippen LogP contribution < -0.4 is 15.1 Å². The third kappa shape index (κ3) is 2.11. The molecule has 0 amide bonds. The molecule has 0 fully saturated rings. The monoisotopic (exact) mass is 234 g/mol. The second kappa shape index (κ2) is 4.49. The van der Waals surface area contributed by atoms with Crippen LogP contribution in [-0.2, 0) is 0 Å². The molecular formula is C13H14O4. The first-order valence-corrected chi connectivity index (χ1v) is 5.41. The Balaban J connectivity index is 2.73. The molecule has 0 spiro atoms. The van der Waals surface area contributed by atoms with Gasteiger partial charge in [0.2, 0.25) is 0 Å². The number of fused-ring (bicyclic) bond motifs is 1. The SMILES string of the molecule is CCOc1cc(OC)c2cc(C)c(=O)oc2c1. The lowest BCUT2D eigenvalue weighted by Gasteiger charge is -2.09. The molecule has 4 heteroatoms. The zero-order valence-electron chi connectivity index (χ0n) is 10.1. The van der Waals surface area contributed by atoms with E-state index in [1.807, 2.05) is 6.92 Å². The Labute approximate surface area is 98.8 Å².